The Hall–Kier alpha value is -2.86. The van der Waals surface area contributed by atoms with Crippen molar-refractivity contribution in [3.8, 4) is 5.75 Å². The van der Waals surface area contributed by atoms with Crippen LogP contribution in [-0.2, 0) is 17.6 Å². The summed E-state index contributed by atoms with van der Waals surface area (Å²) in [4.78, 5) is 27.6. The molecule has 0 radical (unpaired) electrons. The van der Waals surface area contributed by atoms with E-state index in [0.29, 0.717) is 24.1 Å². The number of likely N-dealkylation sites (tertiary alicyclic amines) is 1. The molecule has 0 spiro atoms. The average Bonchev–Trinajstić information content (AvgIpc) is 3.38. The second-order valence-corrected chi connectivity index (χ2v) is 8.76. The van der Waals surface area contributed by atoms with Crippen LogP contribution in [0.3, 0.4) is 0 Å². The van der Waals surface area contributed by atoms with Crippen LogP contribution in [0.1, 0.15) is 40.1 Å². The van der Waals surface area contributed by atoms with Crippen molar-refractivity contribution in [3.63, 3.8) is 0 Å². The van der Waals surface area contributed by atoms with Gasteiger partial charge in [-0.15, -0.1) is 11.3 Å². The zero-order valence-corrected chi connectivity index (χ0v) is 17.9. The molecule has 2 N–H and O–H groups in total. The highest BCUT2D eigenvalue weighted by Gasteiger charge is 2.30. The van der Waals surface area contributed by atoms with Crippen LogP contribution in [0.5, 0.6) is 5.75 Å². The van der Waals surface area contributed by atoms with E-state index in [-0.39, 0.29) is 17.9 Å². The molecule has 0 bridgehead atoms. The van der Waals surface area contributed by atoms with E-state index in [0.717, 1.165) is 46.3 Å². The van der Waals surface area contributed by atoms with Gasteiger partial charge in [0.2, 0.25) is 5.91 Å². The largest absolute Gasteiger partial charge is 0.497 e. The zero-order chi connectivity index (χ0) is 21.1. The van der Waals surface area contributed by atoms with Gasteiger partial charge in [-0.1, -0.05) is 30.3 Å². The molecule has 1 aliphatic rings. The molecule has 5 nitrogen and oxygen atoms in total. The molecule has 1 fully saturated rings. The Labute approximate surface area is 180 Å². The number of benzene rings is 2. The van der Waals surface area contributed by atoms with Crippen molar-refractivity contribution < 1.29 is 14.3 Å². The van der Waals surface area contributed by atoms with E-state index < -0.39 is 0 Å². The van der Waals surface area contributed by atoms with Gasteiger partial charge in [-0.3, -0.25) is 9.59 Å². The third-order valence-corrected chi connectivity index (χ3v) is 7.07. The lowest BCUT2D eigenvalue weighted by atomic mass is 10.00. The van der Waals surface area contributed by atoms with Gasteiger partial charge >= 0.3 is 0 Å². The molecule has 1 aromatic heterocycles. The van der Waals surface area contributed by atoms with Crippen LogP contribution in [-0.4, -0.2) is 36.4 Å². The zero-order valence-electron chi connectivity index (χ0n) is 17.1. The maximum atomic E-state index is 13.0. The molecular weight excluding hydrogens is 396 g/mol. The number of thiophene rings is 1. The quantitative estimate of drug-likeness (QED) is 0.621. The molecule has 156 valence electrons. The Kier molecular flexibility index (Phi) is 6.04. The number of methoxy groups -OCH3 is 1. The smallest absolute Gasteiger partial charge is 0.259 e. The van der Waals surface area contributed by atoms with Crippen LogP contribution in [0.4, 0.5) is 0 Å². The third kappa shape index (κ3) is 4.19. The number of hydrogen-bond donors (Lipinski definition) is 1. The standard InChI is InChI=1S/C24H26N2O3S/c1-29-18-11-8-16(9-12-18)10-13-22(27)26-14-4-5-17(26)15-20-19-6-2-3-7-21(19)30-23(20)24(25)28/h2-3,6-9,11-12,17H,4-5,10,13-15H2,1H3,(H2,25,28)/t17-/m0/s1. The summed E-state index contributed by atoms with van der Waals surface area (Å²) in [5.74, 6) is 0.605. The van der Waals surface area contributed by atoms with Crippen LogP contribution >= 0.6 is 11.3 Å². The van der Waals surface area contributed by atoms with Gasteiger partial charge in [-0.25, -0.2) is 0 Å². The van der Waals surface area contributed by atoms with Crippen LogP contribution in [0.15, 0.2) is 48.5 Å². The Morgan fingerprint density at radius 1 is 1.17 bits per heavy atom. The van der Waals surface area contributed by atoms with E-state index in [1.807, 2.05) is 53.4 Å². The van der Waals surface area contributed by atoms with Gasteiger partial charge in [-0.2, -0.15) is 0 Å². The summed E-state index contributed by atoms with van der Waals surface area (Å²) in [5.41, 5.74) is 7.78. The third-order valence-electron chi connectivity index (χ3n) is 5.85. The maximum Gasteiger partial charge on any atom is 0.259 e. The first-order valence-electron chi connectivity index (χ1n) is 10.3. The fraction of sp³-hybridized carbons (Fsp3) is 0.333. The molecule has 1 aliphatic heterocycles. The maximum absolute atomic E-state index is 13.0. The molecule has 30 heavy (non-hydrogen) atoms. The molecule has 1 saturated heterocycles. The number of ether oxygens (including phenoxy) is 1. The molecule has 1 atom stereocenters. The first-order valence-corrected chi connectivity index (χ1v) is 11.1. The number of amides is 2. The first-order chi connectivity index (χ1) is 14.6. The van der Waals surface area contributed by atoms with E-state index in [9.17, 15) is 9.59 Å². The van der Waals surface area contributed by atoms with Crippen LogP contribution in [0.25, 0.3) is 10.1 Å². The molecule has 2 amide bonds. The number of nitrogens with two attached hydrogens (primary N) is 1. The molecule has 2 aromatic carbocycles. The van der Waals surface area contributed by atoms with Gasteiger partial charge in [0.15, 0.2) is 0 Å². The molecule has 2 heterocycles. The minimum absolute atomic E-state index is 0.115. The van der Waals surface area contributed by atoms with E-state index in [1.54, 1.807) is 7.11 Å². The molecule has 0 aliphatic carbocycles. The molecule has 3 aromatic rings. The topological polar surface area (TPSA) is 72.6 Å². The number of rotatable bonds is 7. The van der Waals surface area contributed by atoms with Gasteiger partial charge in [0, 0.05) is 23.7 Å². The highest BCUT2D eigenvalue weighted by Crippen LogP contribution is 2.34. The Bertz CT molecular complexity index is 1060. The lowest BCUT2D eigenvalue weighted by Crippen LogP contribution is -2.37. The molecular formula is C24H26N2O3S. The Balaban J connectivity index is 1.47. The summed E-state index contributed by atoms with van der Waals surface area (Å²) in [5, 5.41) is 1.08. The van der Waals surface area contributed by atoms with Crippen molar-refractivity contribution in [3.05, 3.63) is 64.5 Å². The molecule has 0 unspecified atom stereocenters. The summed E-state index contributed by atoms with van der Waals surface area (Å²) >= 11 is 1.45. The van der Waals surface area contributed by atoms with Crippen LogP contribution in [0.2, 0.25) is 0 Å². The number of aryl methyl sites for hydroxylation is 1. The molecule has 6 heteroatoms. The Morgan fingerprint density at radius 2 is 1.93 bits per heavy atom. The second-order valence-electron chi connectivity index (χ2n) is 7.71. The van der Waals surface area contributed by atoms with Crippen molar-refractivity contribution in [1.82, 2.24) is 4.90 Å². The second kappa shape index (κ2) is 8.88. The SMILES string of the molecule is COc1ccc(CCC(=O)N2CCC[C@H]2Cc2c(C(N)=O)sc3ccccc23)cc1. The fourth-order valence-corrected chi connectivity index (χ4v) is 5.38. The van der Waals surface area contributed by atoms with Crippen molar-refractivity contribution in [2.45, 2.75) is 38.1 Å². The van der Waals surface area contributed by atoms with Gasteiger partial charge in [0.1, 0.15) is 5.75 Å². The summed E-state index contributed by atoms with van der Waals surface area (Å²) in [6.07, 6.45) is 3.82. The lowest BCUT2D eigenvalue weighted by Gasteiger charge is -2.25. The predicted molar refractivity (Wildman–Crippen MR) is 120 cm³/mol. The van der Waals surface area contributed by atoms with Gasteiger partial charge in [0.25, 0.3) is 5.91 Å². The van der Waals surface area contributed by atoms with E-state index in [1.165, 1.54) is 11.3 Å². The average molecular weight is 423 g/mol. The number of primary amides is 1. The van der Waals surface area contributed by atoms with Crippen LogP contribution in [0, 0.1) is 0 Å². The van der Waals surface area contributed by atoms with Gasteiger partial charge in [-0.05, 0) is 60.4 Å². The number of nitrogens with zero attached hydrogens (tertiary/aromatic N) is 1. The highest BCUT2D eigenvalue weighted by atomic mass is 32.1. The van der Waals surface area contributed by atoms with Gasteiger partial charge in [0.05, 0.1) is 12.0 Å². The number of fused-ring (bicyclic) bond motifs is 1. The summed E-state index contributed by atoms with van der Waals surface area (Å²) in [7, 11) is 1.65. The minimum Gasteiger partial charge on any atom is -0.497 e. The van der Waals surface area contributed by atoms with E-state index >= 15 is 0 Å². The van der Waals surface area contributed by atoms with E-state index in [2.05, 4.69) is 0 Å². The number of carbonyl (C=O) groups is 2. The van der Waals surface area contributed by atoms with Crippen molar-refractivity contribution in [1.29, 1.82) is 0 Å². The van der Waals surface area contributed by atoms with Crippen LogP contribution < -0.4 is 10.5 Å². The Morgan fingerprint density at radius 3 is 2.67 bits per heavy atom. The monoisotopic (exact) mass is 422 g/mol. The summed E-state index contributed by atoms with van der Waals surface area (Å²) in [6, 6.07) is 16.0. The molecule has 4 rings (SSSR count). The van der Waals surface area contributed by atoms with Crippen molar-refractivity contribution in [2.24, 2.45) is 5.73 Å². The summed E-state index contributed by atoms with van der Waals surface area (Å²) < 4.78 is 6.26. The fourth-order valence-electron chi connectivity index (χ4n) is 4.30. The lowest BCUT2D eigenvalue weighted by molar-refractivity contribution is -0.131. The highest BCUT2D eigenvalue weighted by molar-refractivity contribution is 7.21. The number of hydrogen-bond acceptors (Lipinski definition) is 4. The predicted octanol–water partition coefficient (Wildman–Crippen LogP) is 4.18. The minimum atomic E-state index is -0.387. The molecule has 0 saturated carbocycles. The normalized spacial score (nSPS) is 16.2. The van der Waals surface area contributed by atoms with Crippen molar-refractivity contribution in [2.75, 3.05) is 13.7 Å². The number of carbonyl (C=O) groups excluding carboxylic acids is 2. The van der Waals surface area contributed by atoms with Gasteiger partial charge < -0.3 is 15.4 Å². The van der Waals surface area contributed by atoms with Crippen molar-refractivity contribution >= 4 is 33.2 Å². The first kappa shape index (κ1) is 20.4. The van der Waals surface area contributed by atoms with E-state index in [4.69, 9.17) is 10.5 Å². The summed E-state index contributed by atoms with van der Waals surface area (Å²) in [6.45, 7) is 0.778.